The first-order valence-electron chi connectivity index (χ1n) is 12.4. The first kappa shape index (κ1) is 21.8. The lowest BCUT2D eigenvalue weighted by molar-refractivity contribution is -0.158. The zero-order chi connectivity index (χ0) is 25.1. The van der Waals surface area contributed by atoms with Crippen LogP contribution in [0.5, 0.6) is 17.2 Å². The molecule has 186 valence electrons. The average molecular weight is 496 g/mol. The van der Waals surface area contributed by atoms with Crippen molar-refractivity contribution >= 4 is 22.7 Å². The minimum absolute atomic E-state index is 0.0318. The van der Waals surface area contributed by atoms with Crippen LogP contribution >= 0.6 is 0 Å². The van der Waals surface area contributed by atoms with Crippen LogP contribution in [-0.4, -0.2) is 57.6 Å². The number of carbonyl (C=O) groups excluding carboxylic acids is 2. The number of para-hydroxylation sites is 1. The van der Waals surface area contributed by atoms with Gasteiger partial charge in [-0.05, 0) is 53.4 Å². The van der Waals surface area contributed by atoms with E-state index < -0.39 is 12.1 Å². The molecule has 4 aromatic rings. The van der Waals surface area contributed by atoms with Crippen LogP contribution < -0.4 is 9.47 Å². The van der Waals surface area contributed by atoms with Gasteiger partial charge in [-0.1, -0.05) is 36.4 Å². The number of phenols is 1. The average Bonchev–Trinajstić information content (AvgIpc) is 3.53. The number of aromatic hydroxyl groups is 1. The van der Waals surface area contributed by atoms with Gasteiger partial charge in [-0.15, -0.1) is 0 Å². The summed E-state index contributed by atoms with van der Waals surface area (Å²) in [7, 11) is 0. The third-order valence-corrected chi connectivity index (χ3v) is 7.66. The molecule has 0 saturated carbocycles. The standard InChI is InChI=1S/C29H25N3O5/c33-19-8-5-17(6-9-19)11-12-31-15-26(34)32-23(29(31)35)14-21-20-3-1-2-4-22(20)30-27(21)28(32)18-7-10-24-25(13-18)37-16-36-24/h1-10,13,23,28,30,33H,11-12,14-16H2/t23-,28-/m1/s1. The number of rotatable bonds is 4. The molecule has 3 aliphatic rings. The van der Waals surface area contributed by atoms with Crippen LogP contribution in [0.15, 0.2) is 66.7 Å². The van der Waals surface area contributed by atoms with Crippen molar-refractivity contribution in [3.05, 3.63) is 89.1 Å². The second kappa shape index (κ2) is 8.30. The van der Waals surface area contributed by atoms with Crippen molar-refractivity contribution in [2.24, 2.45) is 0 Å². The predicted molar refractivity (Wildman–Crippen MR) is 135 cm³/mol. The number of aromatic nitrogens is 1. The monoisotopic (exact) mass is 495 g/mol. The molecule has 8 heteroatoms. The van der Waals surface area contributed by atoms with E-state index in [1.54, 1.807) is 21.9 Å². The van der Waals surface area contributed by atoms with E-state index in [0.717, 1.165) is 33.3 Å². The van der Waals surface area contributed by atoms with E-state index in [9.17, 15) is 14.7 Å². The molecule has 1 aromatic heterocycles. The van der Waals surface area contributed by atoms with Crippen molar-refractivity contribution in [1.29, 1.82) is 0 Å². The third-order valence-electron chi connectivity index (χ3n) is 7.66. The summed E-state index contributed by atoms with van der Waals surface area (Å²) in [6, 6.07) is 19.7. The normalized spacial score (nSPS) is 20.3. The second-order valence-corrected chi connectivity index (χ2v) is 9.78. The minimum Gasteiger partial charge on any atom is -0.508 e. The first-order chi connectivity index (χ1) is 18.1. The van der Waals surface area contributed by atoms with Crippen LogP contribution in [0.2, 0.25) is 0 Å². The number of carbonyl (C=O) groups is 2. The molecule has 2 atom stereocenters. The molecular weight excluding hydrogens is 470 g/mol. The van der Waals surface area contributed by atoms with Gasteiger partial charge < -0.3 is 29.4 Å². The Morgan fingerprint density at radius 2 is 1.78 bits per heavy atom. The van der Waals surface area contributed by atoms with Crippen LogP contribution in [0.3, 0.4) is 0 Å². The Balaban J connectivity index is 1.27. The van der Waals surface area contributed by atoms with Crippen molar-refractivity contribution < 1.29 is 24.2 Å². The van der Waals surface area contributed by atoms with Crippen molar-refractivity contribution in [3.8, 4) is 17.2 Å². The number of aromatic amines is 1. The molecule has 37 heavy (non-hydrogen) atoms. The summed E-state index contributed by atoms with van der Waals surface area (Å²) in [6.45, 7) is 0.639. The van der Waals surface area contributed by atoms with Crippen LogP contribution in [0.4, 0.5) is 0 Å². The number of nitrogens with one attached hydrogen (secondary N) is 1. The van der Waals surface area contributed by atoms with E-state index in [-0.39, 0.29) is 30.9 Å². The lowest BCUT2D eigenvalue weighted by Crippen LogP contribution is -2.63. The van der Waals surface area contributed by atoms with E-state index in [1.165, 1.54) is 0 Å². The van der Waals surface area contributed by atoms with E-state index >= 15 is 0 Å². The van der Waals surface area contributed by atoms with E-state index in [0.29, 0.717) is 30.9 Å². The number of ether oxygens (including phenoxy) is 2. The molecule has 0 unspecified atom stereocenters. The van der Waals surface area contributed by atoms with Crippen LogP contribution in [-0.2, 0) is 22.4 Å². The Bertz CT molecular complexity index is 1540. The summed E-state index contributed by atoms with van der Waals surface area (Å²) in [6.07, 6.45) is 1.07. The van der Waals surface area contributed by atoms with Gasteiger partial charge >= 0.3 is 0 Å². The zero-order valence-corrected chi connectivity index (χ0v) is 20.0. The van der Waals surface area contributed by atoms with E-state index in [2.05, 4.69) is 11.1 Å². The molecule has 1 fully saturated rings. The maximum Gasteiger partial charge on any atom is 0.246 e. The molecule has 2 amide bonds. The van der Waals surface area contributed by atoms with Gasteiger partial charge in [0.05, 0.1) is 12.6 Å². The maximum atomic E-state index is 13.8. The molecule has 1 saturated heterocycles. The molecule has 0 radical (unpaired) electrons. The van der Waals surface area contributed by atoms with Gasteiger partial charge in [0, 0.05) is 29.6 Å². The molecule has 7 rings (SSSR count). The number of phenolic OH excluding ortho intramolecular Hbond substituents is 1. The number of amides is 2. The summed E-state index contributed by atoms with van der Waals surface area (Å²) in [5, 5.41) is 10.6. The van der Waals surface area contributed by atoms with Gasteiger partial charge in [0.1, 0.15) is 11.8 Å². The van der Waals surface area contributed by atoms with Crippen LogP contribution in [0.1, 0.15) is 28.4 Å². The number of H-pyrrole nitrogens is 1. The summed E-state index contributed by atoms with van der Waals surface area (Å²) in [5.74, 6) is 1.40. The zero-order valence-electron chi connectivity index (χ0n) is 20.0. The molecule has 0 aliphatic carbocycles. The fourth-order valence-corrected chi connectivity index (χ4v) is 5.87. The highest BCUT2D eigenvalue weighted by atomic mass is 16.7. The fraction of sp³-hybridized carbons (Fsp3) is 0.241. The summed E-state index contributed by atoms with van der Waals surface area (Å²) in [4.78, 5) is 34.5. The number of benzene rings is 3. The molecule has 3 aromatic carbocycles. The molecular formula is C29H25N3O5. The lowest BCUT2D eigenvalue weighted by atomic mass is 9.86. The number of nitrogens with zero attached hydrogens (tertiary/aromatic N) is 2. The van der Waals surface area contributed by atoms with Crippen molar-refractivity contribution in [2.75, 3.05) is 19.9 Å². The van der Waals surface area contributed by atoms with Gasteiger partial charge in [0.2, 0.25) is 18.6 Å². The largest absolute Gasteiger partial charge is 0.508 e. The molecule has 0 bridgehead atoms. The Labute approximate surface area is 213 Å². The van der Waals surface area contributed by atoms with Gasteiger partial charge in [0.15, 0.2) is 11.5 Å². The number of fused-ring (bicyclic) bond motifs is 5. The topological polar surface area (TPSA) is 95.1 Å². The molecule has 4 heterocycles. The smallest absolute Gasteiger partial charge is 0.246 e. The summed E-state index contributed by atoms with van der Waals surface area (Å²) >= 11 is 0. The second-order valence-electron chi connectivity index (χ2n) is 9.78. The van der Waals surface area contributed by atoms with E-state index in [1.807, 2.05) is 48.5 Å². The molecule has 2 N–H and O–H groups in total. The molecule has 3 aliphatic heterocycles. The summed E-state index contributed by atoms with van der Waals surface area (Å²) in [5.41, 5.74) is 4.87. The quantitative estimate of drug-likeness (QED) is 0.452. The number of hydrogen-bond donors (Lipinski definition) is 2. The fourth-order valence-electron chi connectivity index (χ4n) is 5.87. The van der Waals surface area contributed by atoms with Gasteiger partial charge in [0.25, 0.3) is 0 Å². The Hall–Kier alpha value is -4.46. The number of hydrogen-bond acceptors (Lipinski definition) is 5. The van der Waals surface area contributed by atoms with Crippen LogP contribution in [0, 0.1) is 0 Å². The minimum atomic E-state index is -0.594. The highest BCUT2D eigenvalue weighted by molar-refractivity contribution is 5.97. The predicted octanol–water partition coefficient (Wildman–Crippen LogP) is 3.53. The third kappa shape index (κ3) is 3.51. The Kier molecular flexibility index (Phi) is 4.89. The highest BCUT2D eigenvalue weighted by Crippen LogP contribution is 2.44. The van der Waals surface area contributed by atoms with Gasteiger partial charge in [-0.3, -0.25) is 9.59 Å². The maximum absolute atomic E-state index is 13.8. The Morgan fingerprint density at radius 1 is 0.973 bits per heavy atom. The van der Waals surface area contributed by atoms with Crippen molar-refractivity contribution in [2.45, 2.75) is 24.9 Å². The van der Waals surface area contributed by atoms with Gasteiger partial charge in [-0.2, -0.15) is 0 Å². The van der Waals surface area contributed by atoms with Crippen LogP contribution in [0.25, 0.3) is 10.9 Å². The molecule has 8 nitrogen and oxygen atoms in total. The first-order valence-corrected chi connectivity index (χ1v) is 12.4. The van der Waals surface area contributed by atoms with E-state index in [4.69, 9.17) is 9.47 Å². The highest BCUT2D eigenvalue weighted by Gasteiger charge is 2.48. The van der Waals surface area contributed by atoms with Gasteiger partial charge in [-0.25, -0.2) is 0 Å². The van der Waals surface area contributed by atoms with Crippen molar-refractivity contribution in [3.63, 3.8) is 0 Å². The Morgan fingerprint density at radius 3 is 2.65 bits per heavy atom. The lowest BCUT2D eigenvalue weighted by Gasteiger charge is -2.47. The summed E-state index contributed by atoms with van der Waals surface area (Å²) < 4.78 is 11.1. The SMILES string of the molecule is O=C1[C@H]2Cc3c([nH]c4ccccc34)[C@@H](c3ccc4c(c3)OCO4)N2C(=O)CN1CCc1ccc(O)cc1. The van der Waals surface area contributed by atoms with Crippen molar-refractivity contribution in [1.82, 2.24) is 14.8 Å². The number of piperazine rings is 1. The molecule has 0 spiro atoms.